The lowest BCUT2D eigenvalue weighted by molar-refractivity contribution is -0.133. The van der Waals surface area contributed by atoms with Crippen molar-refractivity contribution in [2.75, 3.05) is 13.1 Å². The Balaban J connectivity index is 1.68. The molecule has 1 N–H and O–H groups in total. The number of carbonyl (C=O) groups excluding carboxylic acids is 1. The SMILES string of the molecule is Cc1oc(-c2cccs2)nc1CC(=O)N1CCCC(C(C)O)C1. The van der Waals surface area contributed by atoms with Gasteiger partial charge in [-0.15, -0.1) is 11.3 Å². The minimum atomic E-state index is -0.371. The van der Waals surface area contributed by atoms with E-state index in [2.05, 4.69) is 4.98 Å². The first-order chi connectivity index (χ1) is 11.0. The number of piperidine rings is 1. The highest BCUT2D eigenvalue weighted by molar-refractivity contribution is 7.13. The van der Waals surface area contributed by atoms with Gasteiger partial charge in [0.1, 0.15) is 5.76 Å². The van der Waals surface area contributed by atoms with Crippen LogP contribution in [0.4, 0.5) is 0 Å². The number of amides is 1. The largest absolute Gasteiger partial charge is 0.440 e. The van der Waals surface area contributed by atoms with Gasteiger partial charge in [0.25, 0.3) is 0 Å². The first-order valence-electron chi connectivity index (χ1n) is 8.00. The summed E-state index contributed by atoms with van der Waals surface area (Å²) in [5.41, 5.74) is 0.706. The monoisotopic (exact) mass is 334 g/mol. The summed E-state index contributed by atoms with van der Waals surface area (Å²) in [7, 11) is 0. The average molecular weight is 334 g/mol. The van der Waals surface area contributed by atoms with Gasteiger partial charge in [-0.1, -0.05) is 6.07 Å². The van der Waals surface area contributed by atoms with Crippen molar-refractivity contribution in [3.8, 4) is 10.8 Å². The van der Waals surface area contributed by atoms with Crippen LogP contribution in [0.5, 0.6) is 0 Å². The molecule has 0 radical (unpaired) electrons. The molecule has 2 atom stereocenters. The number of thiophene rings is 1. The molecule has 2 aromatic heterocycles. The molecule has 5 nitrogen and oxygen atoms in total. The molecule has 0 aromatic carbocycles. The van der Waals surface area contributed by atoms with Crippen LogP contribution in [0.3, 0.4) is 0 Å². The number of aliphatic hydroxyl groups is 1. The number of rotatable bonds is 4. The third-order valence-electron chi connectivity index (χ3n) is 4.44. The summed E-state index contributed by atoms with van der Waals surface area (Å²) in [6.07, 6.45) is 1.81. The molecule has 0 saturated carbocycles. The number of aryl methyl sites for hydroxylation is 1. The molecule has 2 aromatic rings. The van der Waals surface area contributed by atoms with Crippen molar-refractivity contribution in [1.82, 2.24) is 9.88 Å². The first-order valence-corrected chi connectivity index (χ1v) is 8.88. The minimum absolute atomic E-state index is 0.0597. The fraction of sp³-hybridized carbons (Fsp3) is 0.529. The predicted octanol–water partition coefficient (Wildman–Crippen LogP) is 2.87. The molecule has 23 heavy (non-hydrogen) atoms. The second kappa shape index (κ2) is 6.84. The predicted molar refractivity (Wildman–Crippen MR) is 89.2 cm³/mol. The lowest BCUT2D eigenvalue weighted by Crippen LogP contribution is -2.43. The fourth-order valence-electron chi connectivity index (χ4n) is 2.98. The summed E-state index contributed by atoms with van der Waals surface area (Å²) in [4.78, 5) is 19.9. The van der Waals surface area contributed by atoms with Crippen molar-refractivity contribution in [1.29, 1.82) is 0 Å². The third kappa shape index (κ3) is 3.64. The summed E-state index contributed by atoms with van der Waals surface area (Å²) in [6.45, 7) is 5.04. The van der Waals surface area contributed by atoms with Crippen LogP contribution >= 0.6 is 11.3 Å². The zero-order valence-electron chi connectivity index (χ0n) is 13.5. The van der Waals surface area contributed by atoms with Gasteiger partial charge < -0.3 is 14.4 Å². The molecule has 1 aliphatic rings. The Bertz CT molecular complexity index is 663. The normalized spacial score (nSPS) is 19.8. The topological polar surface area (TPSA) is 66.6 Å². The van der Waals surface area contributed by atoms with Gasteiger partial charge in [0.2, 0.25) is 11.8 Å². The van der Waals surface area contributed by atoms with Crippen LogP contribution in [-0.4, -0.2) is 40.1 Å². The maximum absolute atomic E-state index is 12.5. The Morgan fingerprint density at radius 2 is 2.43 bits per heavy atom. The average Bonchev–Trinajstić information content (AvgIpc) is 3.18. The summed E-state index contributed by atoms with van der Waals surface area (Å²) in [5, 5.41) is 11.7. The molecule has 3 rings (SSSR count). The zero-order valence-corrected chi connectivity index (χ0v) is 14.3. The minimum Gasteiger partial charge on any atom is -0.440 e. The number of hydrogen-bond acceptors (Lipinski definition) is 5. The Kier molecular flexibility index (Phi) is 4.82. The summed E-state index contributed by atoms with van der Waals surface area (Å²) < 4.78 is 5.70. The van der Waals surface area contributed by atoms with Crippen LogP contribution < -0.4 is 0 Å². The van der Waals surface area contributed by atoms with Gasteiger partial charge in [0.15, 0.2) is 0 Å². The van der Waals surface area contributed by atoms with Gasteiger partial charge in [-0.3, -0.25) is 4.79 Å². The zero-order chi connectivity index (χ0) is 16.4. The molecule has 1 amide bonds. The van der Waals surface area contributed by atoms with Crippen LogP contribution in [0.25, 0.3) is 10.8 Å². The fourth-order valence-corrected chi connectivity index (χ4v) is 3.63. The van der Waals surface area contributed by atoms with E-state index in [4.69, 9.17) is 4.42 Å². The number of aliphatic hydroxyl groups excluding tert-OH is 1. The Hall–Kier alpha value is -1.66. The van der Waals surface area contributed by atoms with Gasteiger partial charge in [0.05, 0.1) is 23.1 Å². The lowest BCUT2D eigenvalue weighted by Gasteiger charge is -2.34. The maximum atomic E-state index is 12.5. The molecule has 1 aliphatic heterocycles. The highest BCUT2D eigenvalue weighted by Gasteiger charge is 2.27. The Labute approximate surface area is 140 Å². The van der Waals surface area contributed by atoms with Crippen LogP contribution in [0.1, 0.15) is 31.2 Å². The molecule has 0 aliphatic carbocycles. The number of aromatic nitrogens is 1. The van der Waals surface area contributed by atoms with Gasteiger partial charge in [-0.2, -0.15) is 0 Å². The van der Waals surface area contributed by atoms with E-state index < -0.39 is 0 Å². The smallest absolute Gasteiger partial charge is 0.236 e. The van der Waals surface area contributed by atoms with Crippen LogP contribution in [0.15, 0.2) is 21.9 Å². The molecule has 0 spiro atoms. The molecule has 1 saturated heterocycles. The van der Waals surface area contributed by atoms with Crippen molar-refractivity contribution in [3.05, 3.63) is 29.0 Å². The van der Waals surface area contributed by atoms with E-state index in [-0.39, 0.29) is 24.3 Å². The standard InChI is InChI=1S/C17H22N2O3S/c1-11(20)13-5-3-7-19(10-13)16(21)9-14-12(2)22-17(18-14)15-6-4-8-23-15/h4,6,8,11,13,20H,3,5,7,9-10H2,1-2H3. The second-order valence-electron chi connectivity index (χ2n) is 6.16. The highest BCUT2D eigenvalue weighted by atomic mass is 32.1. The molecule has 1 fully saturated rings. The molecular weight excluding hydrogens is 312 g/mol. The van der Waals surface area contributed by atoms with Crippen LogP contribution in [0.2, 0.25) is 0 Å². The van der Waals surface area contributed by atoms with Gasteiger partial charge in [-0.05, 0) is 38.1 Å². The van der Waals surface area contributed by atoms with Crippen molar-refractivity contribution >= 4 is 17.2 Å². The molecule has 0 bridgehead atoms. The summed E-state index contributed by atoms with van der Waals surface area (Å²) in [5.74, 6) is 1.52. The number of nitrogens with zero attached hydrogens (tertiary/aromatic N) is 2. The van der Waals surface area contributed by atoms with E-state index in [1.54, 1.807) is 18.3 Å². The van der Waals surface area contributed by atoms with Crippen molar-refractivity contribution in [2.24, 2.45) is 5.92 Å². The maximum Gasteiger partial charge on any atom is 0.236 e. The number of hydrogen-bond donors (Lipinski definition) is 1. The second-order valence-corrected chi connectivity index (χ2v) is 7.11. The molecule has 6 heteroatoms. The summed E-state index contributed by atoms with van der Waals surface area (Å²) in [6, 6.07) is 3.91. The van der Waals surface area contributed by atoms with Gasteiger partial charge in [0, 0.05) is 19.0 Å². The van der Waals surface area contributed by atoms with Gasteiger partial charge in [-0.25, -0.2) is 4.98 Å². The van der Waals surface area contributed by atoms with E-state index >= 15 is 0 Å². The van der Waals surface area contributed by atoms with Crippen molar-refractivity contribution in [2.45, 2.75) is 39.2 Å². The third-order valence-corrected chi connectivity index (χ3v) is 5.29. The molecular formula is C17H22N2O3S. The van der Waals surface area contributed by atoms with Gasteiger partial charge >= 0.3 is 0 Å². The molecule has 3 heterocycles. The van der Waals surface area contributed by atoms with E-state index in [0.717, 1.165) is 24.3 Å². The number of likely N-dealkylation sites (tertiary alicyclic amines) is 1. The number of carbonyl (C=O) groups is 1. The van der Waals surface area contributed by atoms with E-state index in [9.17, 15) is 9.90 Å². The number of oxazole rings is 1. The van der Waals surface area contributed by atoms with Crippen molar-refractivity contribution in [3.63, 3.8) is 0 Å². The highest BCUT2D eigenvalue weighted by Crippen LogP contribution is 2.27. The van der Waals surface area contributed by atoms with E-state index in [1.165, 1.54) is 0 Å². The summed E-state index contributed by atoms with van der Waals surface area (Å²) >= 11 is 1.57. The Morgan fingerprint density at radius 3 is 3.13 bits per heavy atom. The van der Waals surface area contributed by atoms with Crippen molar-refractivity contribution < 1.29 is 14.3 Å². The van der Waals surface area contributed by atoms with E-state index in [0.29, 0.717) is 23.9 Å². The van der Waals surface area contributed by atoms with E-state index in [1.807, 2.05) is 29.3 Å². The quantitative estimate of drug-likeness (QED) is 0.933. The molecule has 2 unspecified atom stereocenters. The first kappa shape index (κ1) is 16.2. The van der Waals surface area contributed by atoms with Crippen LogP contribution in [0, 0.1) is 12.8 Å². The lowest BCUT2D eigenvalue weighted by atomic mass is 9.93. The Morgan fingerprint density at radius 1 is 1.61 bits per heavy atom. The molecule has 124 valence electrons. The van der Waals surface area contributed by atoms with Crippen LogP contribution in [-0.2, 0) is 11.2 Å².